The Morgan fingerprint density at radius 1 is 1.57 bits per heavy atom. The third kappa shape index (κ3) is 1.96. The lowest BCUT2D eigenvalue weighted by molar-refractivity contribution is 0.230. The van der Waals surface area contributed by atoms with E-state index in [2.05, 4.69) is 5.10 Å². The molecule has 14 heavy (non-hydrogen) atoms. The van der Waals surface area contributed by atoms with Crippen molar-refractivity contribution in [1.82, 2.24) is 9.78 Å². The second kappa shape index (κ2) is 3.06. The lowest BCUT2D eigenvalue weighted by Crippen LogP contribution is -2.25. The van der Waals surface area contributed by atoms with Gasteiger partial charge in [0, 0.05) is 12.4 Å². The van der Waals surface area contributed by atoms with E-state index in [1.54, 1.807) is 10.9 Å². The van der Waals surface area contributed by atoms with Gasteiger partial charge >= 0.3 is 0 Å². The van der Waals surface area contributed by atoms with Crippen molar-refractivity contribution in [2.75, 3.05) is 12.9 Å². The Kier molecular flexibility index (Phi) is 2.11. The zero-order valence-electron chi connectivity index (χ0n) is 7.88. The standard InChI is InChI=1S/C8H12N2O3S/c1-14(11,12)13-7-8(3-4-8)10-6-2-5-9-10/h2,5-6H,3-4,7H2,1H3. The van der Waals surface area contributed by atoms with Crippen LogP contribution in [-0.4, -0.2) is 31.1 Å². The second-order valence-corrected chi connectivity index (χ2v) is 5.29. The Morgan fingerprint density at radius 3 is 2.71 bits per heavy atom. The van der Waals surface area contributed by atoms with Crippen LogP contribution >= 0.6 is 0 Å². The van der Waals surface area contributed by atoms with Crippen molar-refractivity contribution >= 4 is 10.1 Å². The van der Waals surface area contributed by atoms with Crippen molar-refractivity contribution < 1.29 is 12.6 Å². The van der Waals surface area contributed by atoms with E-state index in [0.29, 0.717) is 0 Å². The summed E-state index contributed by atoms with van der Waals surface area (Å²) in [6, 6.07) is 1.82. The molecule has 6 heteroatoms. The average molecular weight is 216 g/mol. The van der Waals surface area contributed by atoms with Gasteiger partial charge in [0.25, 0.3) is 10.1 Å². The minimum atomic E-state index is -3.35. The predicted molar refractivity (Wildman–Crippen MR) is 50.2 cm³/mol. The van der Waals surface area contributed by atoms with Crippen LogP contribution in [0, 0.1) is 0 Å². The molecular formula is C8H12N2O3S. The van der Waals surface area contributed by atoms with Crippen LogP contribution in [0.1, 0.15) is 12.8 Å². The predicted octanol–water partition coefficient (Wildman–Crippen LogP) is 0.348. The van der Waals surface area contributed by atoms with Crippen LogP contribution in [0.5, 0.6) is 0 Å². The third-order valence-electron chi connectivity index (χ3n) is 2.36. The van der Waals surface area contributed by atoms with Gasteiger partial charge in [0.05, 0.1) is 18.4 Å². The summed E-state index contributed by atoms with van der Waals surface area (Å²) in [5.74, 6) is 0. The largest absolute Gasteiger partial charge is 0.268 e. The molecule has 1 aliphatic rings. The van der Waals surface area contributed by atoms with Crippen LogP contribution in [0.4, 0.5) is 0 Å². The van der Waals surface area contributed by atoms with Gasteiger partial charge in [0.15, 0.2) is 0 Å². The molecule has 78 valence electrons. The normalized spacial score (nSPS) is 19.5. The molecule has 0 saturated heterocycles. The number of hydrogen-bond acceptors (Lipinski definition) is 4. The SMILES string of the molecule is CS(=O)(=O)OCC1(n2cccn2)CC1. The van der Waals surface area contributed by atoms with Crippen LogP contribution in [-0.2, 0) is 19.8 Å². The minimum Gasteiger partial charge on any atom is -0.268 e. The molecule has 1 aliphatic carbocycles. The van der Waals surface area contributed by atoms with Crippen LogP contribution in [0.15, 0.2) is 18.5 Å². The molecule has 0 radical (unpaired) electrons. The monoisotopic (exact) mass is 216 g/mol. The first-order valence-electron chi connectivity index (χ1n) is 4.36. The van der Waals surface area contributed by atoms with E-state index >= 15 is 0 Å². The maximum absolute atomic E-state index is 10.8. The topological polar surface area (TPSA) is 61.2 Å². The lowest BCUT2D eigenvalue weighted by Gasteiger charge is -2.14. The zero-order valence-corrected chi connectivity index (χ0v) is 8.70. The number of hydrogen-bond donors (Lipinski definition) is 0. The van der Waals surface area contributed by atoms with Gasteiger partial charge in [-0.1, -0.05) is 0 Å². The van der Waals surface area contributed by atoms with Crippen LogP contribution in [0.3, 0.4) is 0 Å². The fourth-order valence-corrected chi connectivity index (χ4v) is 1.78. The highest BCUT2D eigenvalue weighted by Gasteiger charge is 2.46. The molecule has 0 amide bonds. The Hall–Kier alpha value is -0.880. The first kappa shape index (κ1) is 9.67. The van der Waals surface area contributed by atoms with Crippen molar-refractivity contribution in [2.45, 2.75) is 18.4 Å². The van der Waals surface area contributed by atoms with Crippen LogP contribution in [0.2, 0.25) is 0 Å². The molecule has 5 nitrogen and oxygen atoms in total. The molecule has 0 aliphatic heterocycles. The molecule has 0 atom stereocenters. The van der Waals surface area contributed by atoms with Gasteiger partial charge in [-0.05, 0) is 18.9 Å². The maximum atomic E-state index is 10.8. The Balaban J connectivity index is 2.05. The second-order valence-electron chi connectivity index (χ2n) is 3.64. The maximum Gasteiger partial charge on any atom is 0.264 e. The van der Waals surface area contributed by atoms with Gasteiger partial charge in [-0.15, -0.1) is 0 Å². The summed E-state index contributed by atoms with van der Waals surface area (Å²) in [6.45, 7) is 0.188. The fourth-order valence-electron chi connectivity index (χ4n) is 1.35. The molecule has 0 spiro atoms. The fraction of sp³-hybridized carbons (Fsp3) is 0.625. The van der Waals surface area contributed by atoms with Gasteiger partial charge < -0.3 is 0 Å². The molecular weight excluding hydrogens is 204 g/mol. The molecule has 0 bridgehead atoms. The Bertz CT molecular complexity index is 406. The Labute approximate surface area is 82.8 Å². The van der Waals surface area contributed by atoms with E-state index in [1.165, 1.54) is 0 Å². The highest BCUT2D eigenvalue weighted by atomic mass is 32.2. The summed E-state index contributed by atoms with van der Waals surface area (Å²) >= 11 is 0. The van der Waals surface area contributed by atoms with Crippen molar-refractivity contribution in [1.29, 1.82) is 0 Å². The zero-order chi connectivity index (χ0) is 10.2. The molecule has 0 N–H and O–H groups in total. The van der Waals surface area contributed by atoms with Crippen molar-refractivity contribution in [3.8, 4) is 0 Å². The van der Waals surface area contributed by atoms with Gasteiger partial charge in [-0.3, -0.25) is 8.86 Å². The molecule has 0 unspecified atom stereocenters. The van der Waals surface area contributed by atoms with Crippen molar-refractivity contribution in [3.63, 3.8) is 0 Å². The van der Waals surface area contributed by atoms with Crippen LogP contribution in [0.25, 0.3) is 0 Å². The number of rotatable bonds is 4. The van der Waals surface area contributed by atoms with Gasteiger partial charge in [-0.25, -0.2) is 0 Å². The highest BCUT2D eigenvalue weighted by Crippen LogP contribution is 2.43. The Morgan fingerprint density at radius 2 is 2.29 bits per heavy atom. The van der Waals surface area contributed by atoms with Crippen molar-refractivity contribution in [2.24, 2.45) is 0 Å². The summed E-state index contributed by atoms with van der Waals surface area (Å²) in [4.78, 5) is 0. The van der Waals surface area contributed by atoms with Gasteiger partial charge in [-0.2, -0.15) is 13.5 Å². The number of nitrogens with zero attached hydrogens (tertiary/aromatic N) is 2. The molecule has 1 aromatic heterocycles. The molecule has 1 saturated carbocycles. The van der Waals surface area contributed by atoms with E-state index in [4.69, 9.17) is 4.18 Å². The van der Waals surface area contributed by atoms with Crippen LogP contribution < -0.4 is 0 Å². The molecule has 0 aromatic carbocycles. The third-order valence-corrected chi connectivity index (χ3v) is 2.91. The highest BCUT2D eigenvalue weighted by molar-refractivity contribution is 7.85. The van der Waals surface area contributed by atoms with Gasteiger partial charge in [0.1, 0.15) is 0 Å². The van der Waals surface area contributed by atoms with E-state index in [1.807, 2.05) is 12.3 Å². The summed E-state index contributed by atoms with van der Waals surface area (Å²) in [7, 11) is -3.35. The molecule has 1 fully saturated rings. The van der Waals surface area contributed by atoms with E-state index in [-0.39, 0.29) is 12.1 Å². The van der Waals surface area contributed by atoms with Gasteiger partial charge in [0.2, 0.25) is 0 Å². The smallest absolute Gasteiger partial charge is 0.264 e. The summed E-state index contributed by atoms with van der Waals surface area (Å²) in [5, 5.41) is 4.09. The quantitative estimate of drug-likeness (QED) is 0.681. The number of aromatic nitrogens is 2. The van der Waals surface area contributed by atoms with E-state index < -0.39 is 10.1 Å². The summed E-state index contributed by atoms with van der Waals surface area (Å²) < 4.78 is 28.2. The first-order valence-corrected chi connectivity index (χ1v) is 6.18. The van der Waals surface area contributed by atoms with E-state index in [0.717, 1.165) is 19.1 Å². The first-order chi connectivity index (χ1) is 6.52. The minimum absolute atomic E-state index is 0.188. The molecule has 1 heterocycles. The van der Waals surface area contributed by atoms with E-state index in [9.17, 15) is 8.42 Å². The molecule has 1 aromatic rings. The lowest BCUT2D eigenvalue weighted by atomic mass is 10.3. The molecule has 2 rings (SSSR count). The summed E-state index contributed by atoms with van der Waals surface area (Å²) in [6.07, 6.45) is 6.42. The summed E-state index contributed by atoms with van der Waals surface area (Å²) in [5.41, 5.74) is -0.216. The average Bonchev–Trinajstić information content (AvgIpc) is 2.67. The van der Waals surface area contributed by atoms with Crippen molar-refractivity contribution in [3.05, 3.63) is 18.5 Å².